The van der Waals surface area contributed by atoms with E-state index in [9.17, 15) is 14.4 Å². The number of benzene rings is 2. The third-order valence-corrected chi connectivity index (χ3v) is 6.08. The Kier molecular flexibility index (Phi) is 7.18. The van der Waals surface area contributed by atoms with E-state index in [2.05, 4.69) is 22.8 Å². The van der Waals surface area contributed by atoms with Crippen molar-refractivity contribution in [3.05, 3.63) is 59.7 Å². The van der Waals surface area contributed by atoms with Crippen LogP contribution in [-0.4, -0.2) is 41.8 Å². The van der Waals surface area contributed by atoms with Gasteiger partial charge in [0.2, 0.25) is 5.91 Å². The summed E-state index contributed by atoms with van der Waals surface area (Å²) in [5.74, 6) is -2.46. The van der Waals surface area contributed by atoms with Gasteiger partial charge in [-0.1, -0.05) is 62.4 Å². The molecule has 0 radical (unpaired) electrons. The molecule has 0 saturated carbocycles. The molecule has 0 aromatic heterocycles. The number of carboxylic acids is 1. The van der Waals surface area contributed by atoms with Gasteiger partial charge in [-0.05, 0) is 42.0 Å². The first-order valence-corrected chi connectivity index (χ1v) is 10.8. The van der Waals surface area contributed by atoms with Crippen LogP contribution in [0.15, 0.2) is 48.5 Å². The van der Waals surface area contributed by atoms with Gasteiger partial charge in [-0.25, -0.2) is 4.79 Å². The van der Waals surface area contributed by atoms with Gasteiger partial charge in [0.1, 0.15) is 12.6 Å². The van der Waals surface area contributed by atoms with Crippen LogP contribution in [-0.2, 0) is 14.3 Å². The third kappa shape index (κ3) is 4.93. The van der Waals surface area contributed by atoms with Crippen molar-refractivity contribution in [3.8, 4) is 11.1 Å². The van der Waals surface area contributed by atoms with Crippen molar-refractivity contribution in [2.24, 2.45) is 11.8 Å². The van der Waals surface area contributed by atoms with Gasteiger partial charge in [0.05, 0.1) is 5.92 Å². The minimum absolute atomic E-state index is 0.0732. The lowest BCUT2D eigenvalue weighted by Gasteiger charge is -2.25. The van der Waals surface area contributed by atoms with Gasteiger partial charge < -0.3 is 20.5 Å². The molecule has 7 heteroatoms. The first-order chi connectivity index (χ1) is 15.2. The van der Waals surface area contributed by atoms with Gasteiger partial charge in [-0.2, -0.15) is 0 Å². The summed E-state index contributed by atoms with van der Waals surface area (Å²) in [6, 6.07) is 14.7. The number of carbonyl (C=O) groups is 3. The van der Waals surface area contributed by atoms with Crippen molar-refractivity contribution in [1.82, 2.24) is 10.6 Å². The van der Waals surface area contributed by atoms with Crippen LogP contribution >= 0.6 is 0 Å². The standard InChI is InChI=1S/C25H30N2O5/c1-14(2)22(23(28)26-16(4)15(3)24(29)30)27-25(31)32-13-21-19-11-7-5-9-17(19)18-10-6-8-12-20(18)21/h5-12,14-16,21-22H,13H2,1-4H3,(H,26,28)(H,27,31)(H,29,30)/t15?,16?,22-/m1/s1. The largest absolute Gasteiger partial charge is 0.481 e. The summed E-state index contributed by atoms with van der Waals surface area (Å²) in [6.07, 6.45) is -0.681. The summed E-state index contributed by atoms with van der Waals surface area (Å²) in [6.45, 7) is 6.91. The Balaban J connectivity index is 1.64. The summed E-state index contributed by atoms with van der Waals surface area (Å²) in [5.41, 5.74) is 4.49. The molecule has 0 saturated heterocycles. The fourth-order valence-corrected chi connectivity index (χ4v) is 3.96. The Morgan fingerprint density at radius 1 is 0.906 bits per heavy atom. The average molecular weight is 439 g/mol. The van der Waals surface area contributed by atoms with E-state index in [-0.39, 0.29) is 18.4 Å². The molecular formula is C25H30N2O5. The highest BCUT2D eigenvalue weighted by Crippen LogP contribution is 2.44. The van der Waals surface area contributed by atoms with Crippen LogP contribution in [0, 0.1) is 11.8 Å². The zero-order valence-electron chi connectivity index (χ0n) is 18.8. The SMILES string of the molecule is CC(NC(=O)[C@H](NC(=O)OCC1c2ccccc2-c2ccccc21)C(C)C)C(C)C(=O)O. The van der Waals surface area contributed by atoms with Gasteiger partial charge in [0, 0.05) is 12.0 Å². The number of ether oxygens (including phenoxy) is 1. The number of aliphatic carboxylic acids is 1. The molecule has 3 atom stereocenters. The molecule has 2 aromatic rings. The smallest absolute Gasteiger partial charge is 0.407 e. The summed E-state index contributed by atoms with van der Waals surface area (Å²) >= 11 is 0. The second-order valence-corrected chi connectivity index (χ2v) is 8.62. The van der Waals surface area contributed by atoms with Gasteiger partial charge in [-0.15, -0.1) is 0 Å². The number of amides is 2. The molecule has 2 amide bonds. The zero-order valence-corrected chi connectivity index (χ0v) is 18.8. The minimum atomic E-state index is -0.997. The van der Waals surface area contributed by atoms with Crippen LogP contribution < -0.4 is 10.6 Å². The Bertz CT molecular complexity index is 958. The Morgan fingerprint density at radius 3 is 1.94 bits per heavy atom. The molecule has 3 N–H and O–H groups in total. The summed E-state index contributed by atoms with van der Waals surface area (Å²) in [5, 5.41) is 14.5. The van der Waals surface area contributed by atoms with Crippen molar-refractivity contribution >= 4 is 18.0 Å². The lowest BCUT2D eigenvalue weighted by molar-refractivity contribution is -0.142. The summed E-state index contributed by atoms with van der Waals surface area (Å²) in [7, 11) is 0. The molecule has 0 spiro atoms. The minimum Gasteiger partial charge on any atom is -0.481 e. The van der Waals surface area contributed by atoms with Gasteiger partial charge in [0.25, 0.3) is 0 Å². The molecule has 0 bridgehead atoms. The van der Waals surface area contributed by atoms with E-state index in [4.69, 9.17) is 9.84 Å². The van der Waals surface area contributed by atoms with E-state index in [0.717, 1.165) is 22.3 Å². The Hall–Kier alpha value is -3.35. The van der Waals surface area contributed by atoms with Crippen LogP contribution in [0.25, 0.3) is 11.1 Å². The number of alkyl carbamates (subject to hydrolysis) is 1. The second-order valence-electron chi connectivity index (χ2n) is 8.62. The van der Waals surface area contributed by atoms with E-state index >= 15 is 0 Å². The van der Waals surface area contributed by atoms with Crippen LogP contribution in [0.1, 0.15) is 44.7 Å². The highest BCUT2D eigenvalue weighted by molar-refractivity contribution is 5.86. The number of hydrogen-bond donors (Lipinski definition) is 3. The number of nitrogens with one attached hydrogen (secondary N) is 2. The van der Waals surface area contributed by atoms with E-state index in [0.29, 0.717) is 0 Å². The van der Waals surface area contributed by atoms with Crippen LogP contribution in [0.3, 0.4) is 0 Å². The van der Waals surface area contributed by atoms with Crippen LogP contribution in [0.5, 0.6) is 0 Å². The van der Waals surface area contributed by atoms with Crippen molar-refractivity contribution in [2.75, 3.05) is 6.61 Å². The molecule has 2 unspecified atom stereocenters. The van der Waals surface area contributed by atoms with Crippen molar-refractivity contribution in [2.45, 2.75) is 45.7 Å². The summed E-state index contributed by atoms with van der Waals surface area (Å²) < 4.78 is 5.54. The number of carboxylic acid groups (broad SMARTS) is 1. The Morgan fingerprint density at radius 2 is 1.44 bits per heavy atom. The highest BCUT2D eigenvalue weighted by Gasteiger charge is 2.31. The van der Waals surface area contributed by atoms with Crippen molar-refractivity contribution in [1.29, 1.82) is 0 Å². The molecule has 7 nitrogen and oxygen atoms in total. The molecule has 0 aliphatic heterocycles. The molecule has 1 aliphatic carbocycles. The number of rotatable bonds is 8. The first kappa shape index (κ1) is 23.3. The Labute approximate surface area is 188 Å². The normalized spacial score (nSPS) is 15.3. The molecule has 1 aliphatic rings. The number of carbonyl (C=O) groups excluding carboxylic acids is 2. The van der Waals surface area contributed by atoms with Gasteiger partial charge in [0.15, 0.2) is 0 Å². The topological polar surface area (TPSA) is 105 Å². The monoisotopic (exact) mass is 438 g/mol. The van der Waals surface area contributed by atoms with Crippen molar-refractivity contribution in [3.63, 3.8) is 0 Å². The van der Waals surface area contributed by atoms with E-state index in [1.807, 2.05) is 36.4 Å². The molecule has 0 heterocycles. The third-order valence-electron chi connectivity index (χ3n) is 6.08. The fourth-order valence-electron chi connectivity index (χ4n) is 3.96. The summed E-state index contributed by atoms with van der Waals surface area (Å²) in [4.78, 5) is 36.4. The van der Waals surface area contributed by atoms with E-state index in [1.54, 1.807) is 20.8 Å². The van der Waals surface area contributed by atoms with E-state index < -0.39 is 36.0 Å². The second kappa shape index (κ2) is 9.85. The van der Waals surface area contributed by atoms with Gasteiger partial charge in [-0.3, -0.25) is 9.59 Å². The molecule has 2 aromatic carbocycles. The van der Waals surface area contributed by atoms with E-state index in [1.165, 1.54) is 6.92 Å². The average Bonchev–Trinajstić information content (AvgIpc) is 3.08. The first-order valence-electron chi connectivity index (χ1n) is 10.8. The van der Waals surface area contributed by atoms with Crippen LogP contribution in [0.4, 0.5) is 4.79 Å². The lowest BCUT2D eigenvalue weighted by atomic mass is 9.98. The van der Waals surface area contributed by atoms with Crippen molar-refractivity contribution < 1.29 is 24.2 Å². The maximum Gasteiger partial charge on any atom is 0.407 e. The molecular weight excluding hydrogens is 408 g/mol. The van der Waals surface area contributed by atoms with Gasteiger partial charge >= 0.3 is 12.1 Å². The maximum absolute atomic E-state index is 12.7. The predicted molar refractivity (Wildman–Crippen MR) is 121 cm³/mol. The number of fused-ring (bicyclic) bond motifs is 3. The lowest BCUT2D eigenvalue weighted by Crippen LogP contribution is -2.53. The predicted octanol–water partition coefficient (Wildman–Crippen LogP) is 3.78. The quantitative estimate of drug-likeness (QED) is 0.582. The number of hydrogen-bond acceptors (Lipinski definition) is 4. The molecule has 0 fully saturated rings. The molecule has 32 heavy (non-hydrogen) atoms. The molecule has 170 valence electrons. The highest BCUT2D eigenvalue weighted by atomic mass is 16.5. The maximum atomic E-state index is 12.7. The fraction of sp³-hybridized carbons (Fsp3) is 0.400. The molecule has 3 rings (SSSR count). The zero-order chi connectivity index (χ0) is 23.4. The van der Waals surface area contributed by atoms with Crippen LogP contribution in [0.2, 0.25) is 0 Å².